The molecule has 0 aromatic carbocycles. The molecule has 0 radical (unpaired) electrons. The highest BCUT2D eigenvalue weighted by atomic mass is 32.2. The lowest BCUT2D eigenvalue weighted by Crippen LogP contribution is -2.47. The van der Waals surface area contributed by atoms with Gasteiger partial charge in [-0.3, -0.25) is 4.21 Å². The van der Waals surface area contributed by atoms with Gasteiger partial charge in [-0.05, 0) is 52.1 Å². The Hall–Kier alpha value is 0.0700. The third-order valence-electron chi connectivity index (χ3n) is 4.08. The van der Waals surface area contributed by atoms with Crippen molar-refractivity contribution >= 4 is 10.8 Å². The van der Waals surface area contributed by atoms with Crippen LogP contribution >= 0.6 is 0 Å². The maximum Gasteiger partial charge on any atom is 0.0246 e. The second-order valence-corrected chi connectivity index (χ2v) is 7.27. The maximum absolute atomic E-state index is 11.1. The molecular weight excluding hydrogens is 244 g/mol. The molecule has 108 valence electrons. The van der Waals surface area contributed by atoms with Crippen LogP contribution in [0.25, 0.3) is 0 Å². The third-order valence-corrected chi connectivity index (χ3v) is 4.89. The van der Waals surface area contributed by atoms with Crippen molar-refractivity contribution in [2.45, 2.75) is 52.1 Å². The van der Waals surface area contributed by atoms with E-state index in [-0.39, 0.29) is 0 Å². The van der Waals surface area contributed by atoms with Crippen molar-refractivity contribution in [3.8, 4) is 0 Å². The molecule has 0 spiro atoms. The monoisotopic (exact) mass is 274 g/mol. The second kappa shape index (κ2) is 8.28. The lowest BCUT2D eigenvalue weighted by atomic mass is 9.91. The normalized spacial score (nSPS) is 26.8. The molecule has 1 fully saturated rings. The van der Waals surface area contributed by atoms with Gasteiger partial charge in [-0.1, -0.05) is 6.92 Å². The lowest BCUT2D eigenvalue weighted by molar-refractivity contribution is 0.153. The molecule has 4 heteroatoms. The minimum absolute atomic E-state index is 0.473. The SMILES string of the molecule is CCN1CCCC(C(C)NC(C)CCS(C)=O)C1. The van der Waals surface area contributed by atoms with Gasteiger partial charge in [-0.25, -0.2) is 0 Å². The molecule has 0 saturated carbocycles. The van der Waals surface area contributed by atoms with Crippen LogP contribution < -0.4 is 5.32 Å². The summed E-state index contributed by atoms with van der Waals surface area (Å²) in [5.41, 5.74) is 0. The Balaban J connectivity index is 2.30. The summed E-state index contributed by atoms with van der Waals surface area (Å²) in [5.74, 6) is 1.58. The molecule has 1 aliphatic rings. The van der Waals surface area contributed by atoms with Crippen LogP contribution in [0.2, 0.25) is 0 Å². The fourth-order valence-electron chi connectivity index (χ4n) is 2.80. The van der Waals surface area contributed by atoms with E-state index >= 15 is 0 Å². The number of nitrogens with one attached hydrogen (secondary N) is 1. The van der Waals surface area contributed by atoms with Crippen LogP contribution in [0, 0.1) is 5.92 Å². The van der Waals surface area contributed by atoms with Crippen LogP contribution in [0.3, 0.4) is 0 Å². The van der Waals surface area contributed by atoms with E-state index in [0.29, 0.717) is 12.1 Å². The number of likely N-dealkylation sites (tertiary alicyclic amines) is 1. The molecule has 0 amide bonds. The van der Waals surface area contributed by atoms with Crippen LogP contribution in [0.15, 0.2) is 0 Å². The van der Waals surface area contributed by atoms with Gasteiger partial charge in [0.15, 0.2) is 0 Å². The average Bonchev–Trinajstić information content (AvgIpc) is 2.36. The lowest BCUT2D eigenvalue weighted by Gasteiger charge is -2.36. The molecule has 0 aliphatic carbocycles. The first-order chi connectivity index (χ1) is 8.52. The van der Waals surface area contributed by atoms with Crippen molar-refractivity contribution in [2.75, 3.05) is 31.6 Å². The van der Waals surface area contributed by atoms with Crippen LogP contribution in [0.1, 0.15) is 40.0 Å². The van der Waals surface area contributed by atoms with Gasteiger partial charge in [0, 0.05) is 41.4 Å². The Morgan fingerprint density at radius 1 is 1.44 bits per heavy atom. The molecule has 1 aliphatic heterocycles. The van der Waals surface area contributed by atoms with Gasteiger partial charge in [0.2, 0.25) is 0 Å². The first-order valence-corrected chi connectivity index (χ1v) is 9.04. The first kappa shape index (κ1) is 16.1. The third kappa shape index (κ3) is 5.81. The number of rotatable bonds is 7. The van der Waals surface area contributed by atoms with Crippen LogP contribution in [0.4, 0.5) is 0 Å². The van der Waals surface area contributed by atoms with Gasteiger partial charge in [-0.15, -0.1) is 0 Å². The fourth-order valence-corrected chi connectivity index (χ4v) is 3.48. The van der Waals surface area contributed by atoms with Crippen molar-refractivity contribution in [1.29, 1.82) is 0 Å². The number of hydrogen-bond donors (Lipinski definition) is 1. The largest absolute Gasteiger partial charge is 0.311 e. The molecule has 1 heterocycles. The standard InChI is InChI=1S/C14H30N2OS/c1-5-16-9-6-7-14(11-16)13(3)15-12(2)8-10-18(4)17/h12-15H,5-11H2,1-4H3. The Morgan fingerprint density at radius 3 is 2.78 bits per heavy atom. The number of nitrogens with zero attached hydrogens (tertiary/aromatic N) is 1. The van der Waals surface area contributed by atoms with Crippen molar-refractivity contribution in [2.24, 2.45) is 5.92 Å². The summed E-state index contributed by atoms with van der Waals surface area (Å²) in [4.78, 5) is 2.55. The Kier molecular flexibility index (Phi) is 7.42. The van der Waals surface area contributed by atoms with E-state index < -0.39 is 10.8 Å². The molecule has 18 heavy (non-hydrogen) atoms. The van der Waals surface area contributed by atoms with Crippen LogP contribution in [-0.4, -0.2) is 52.8 Å². The maximum atomic E-state index is 11.1. The Morgan fingerprint density at radius 2 is 2.17 bits per heavy atom. The van der Waals surface area contributed by atoms with Gasteiger partial charge in [0.05, 0.1) is 0 Å². The quantitative estimate of drug-likeness (QED) is 0.769. The summed E-state index contributed by atoms with van der Waals surface area (Å²) in [6, 6.07) is 1.04. The summed E-state index contributed by atoms with van der Waals surface area (Å²) in [7, 11) is -0.661. The second-order valence-electron chi connectivity index (χ2n) is 5.72. The molecule has 0 bridgehead atoms. The predicted octanol–water partition coefficient (Wildman–Crippen LogP) is 1.85. The van der Waals surface area contributed by atoms with Gasteiger partial charge in [-0.2, -0.15) is 0 Å². The summed E-state index contributed by atoms with van der Waals surface area (Å²) >= 11 is 0. The minimum Gasteiger partial charge on any atom is -0.311 e. The van der Waals surface area contributed by atoms with Crippen LogP contribution in [0.5, 0.6) is 0 Å². The summed E-state index contributed by atoms with van der Waals surface area (Å²) < 4.78 is 11.1. The molecular formula is C14H30N2OS. The van der Waals surface area contributed by atoms with E-state index in [1.54, 1.807) is 6.26 Å². The van der Waals surface area contributed by atoms with Gasteiger partial charge in [0.1, 0.15) is 0 Å². The molecule has 0 aromatic rings. The van der Waals surface area contributed by atoms with Gasteiger partial charge in [0.25, 0.3) is 0 Å². The smallest absolute Gasteiger partial charge is 0.0246 e. The molecule has 4 unspecified atom stereocenters. The van der Waals surface area contributed by atoms with E-state index in [2.05, 4.69) is 31.0 Å². The summed E-state index contributed by atoms with van der Waals surface area (Å²) in [6.07, 6.45) is 5.48. The van der Waals surface area contributed by atoms with E-state index in [1.807, 2.05) is 0 Å². The van der Waals surface area contributed by atoms with Crippen LogP contribution in [-0.2, 0) is 10.8 Å². The average molecular weight is 274 g/mol. The number of piperidine rings is 1. The summed E-state index contributed by atoms with van der Waals surface area (Å²) in [5, 5.41) is 3.69. The molecule has 4 atom stereocenters. The highest BCUT2D eigenvalue weighted by Crippen LogP contribution is 2.19. The van der Waals surface area contributed by atoms with E-state index in [9.17, 15) is 4.21 Å². The van der Waals surface area contributed by atoms with E-state index in [1.165, 1.54) is 32.5 Å². The highest BCUT2D eigenvalue weighted by Gasteiger charge is 2.24. The Labute approximate surface area is 115 Å². The van der Waals surface area contributed by atoms with Crippen molar-refractivity contribution < 1.29 is 4.21 Å². The van der Waals surface area contributed by atoms with E-state index in [4.69, 9.17) is 0 Å². The minimum atomic E-state index is -0.661. The number of hydrogen-bond acceptors (Lipinski definition) is 3. The molecule has 1 saturated heterocycles. The topological polar surface area (TPSA) is 32.3 Å². The van der Waals surface area contributed by atoms with Crippen molar-refractivity contribution in [3.05, 3.63) is 0 Å². The zero-order valence-corrected chi connectivity index (χ0v) is 13.3. The summed E-state index contributed by atoms with van der Waals surface area (Å²) in [6.45, 7) is 10.4. The molecule has 3 nitrogen and oxygen atoms in total. The first-order valence-electron chi connectivity index (χ1n) is 7.31. The molecule has 1 rings (SSSR count). The fraction of sp³-hybridized carbons (Fsp3) is 1.00. The molecule has 0 aromatic heterocycles. The van der Waals surface area contributed by atoms with E-state index in [0.717, 1.165) is 18.1 Å². The van der Waals surface area contributed by atoms with Gasteiger partial charge < -0.3 is 10.2 Å². The highest BCUT2D eigenvalue weighted by molar-refractivity contribution is 7.84. The Bertz CT molecular complexity index is 260. The van der Waals surface area contributed by atoms with Gasteiger partial charge >= 0.3 is 0 Å². The zero-order chi connectivity index (χ0) is 13.5. The predicted molar refractivity (Wildman–Crippen MR) is 80.4 cm³/mol. The zero-order valence-electron chi connectivity index (χ0n) is 12.4. The van der Waals surface area contributed by atoms with Crippen molar-refractivity contribution in [3.63, 3.8) is 0 Å². The van der Waals surface area contributed by atoms with Crippen molar-refractivity contribution in [1.82, 2.24) is 10.2 Å². The molecule has 1 N–H and O–H groups in total.